The van der Waals surface area contributed by atoms with Crippen LogP contribution < -0.4 is 0 Å². The molecule has 0 saturated heterocycles. The van der Waals surface area contributed by atoms with Gasteiger partial charge in [0.1, 0.15) is 15.9 Å². The number of rotatable bonds is 1. The van der Waals surface area contributed by atoms with Gasteiger partial charge in [-0.2, -0.15) is 0 Å². The number of pyridine rings is 1. The van der Waals surface area contributed by atoms with Gasteiger partial charge >= 0.3 is 5.97 Å². The molecule has 1 aliphatic heterocycles. The summed E-state index contributed by atoms with van der Waals surface area (Å²) in [6.45, 7) is 0. The predicted octanol–water partition coefficient (Wildman–Crippen LogP) is 3.92. The average Bonchev–Trinajstić information content (AvgIpc) is 2.63. The normalized spacial score (nSPS) is 21.4. The summed E-state index contributed by atoms with van der Waals surface area (Å²) in [4.78, 5) is 16.0. The average molecular weight is 314 g/mol. The van der Waals surface area contributed by atoms with E-state index in [-0.39, 0.29) is 21.6 Å². The lowest BCUT2D eigenvalue weighted by atomic mass is 9.82. The van der Waals surface area contributed by atoms with Crippen LogP contribution in [0.25, 0.3) is 5.57 Å². The van der Waals surface area contributed by atoms with E-state index in [0.717, 1.165) is 19.3 Å². The van der Waals surface area contributed by atoms with Crippen LogP contribution in [0.2, 0.25) is 10.3 Å². The molecule has 0 atom stereocenters. The number of nitrogens with zero attached hydrogens (tertiary/aromatic N) is 1. The monoisotopic (exact) mass is 313 g/mol. The van der Waals surface area contributed by atoms with E-state index in [9.17, 15) is 9.90 Å². The molecule has 2 heterocycles. The van der Waals surface area contributed by atoms with Crippen molar-refractivity contribution in [3.63, 3.8) is 0 Å². The number of aliphatic hydroxyl groups excluding tert-OH is 1. The van der Waals surface area contributed by atoms with Crippen LogP contribution in [-0.2, 0) is 9.53 Å². The van der Waals surface area contributed by atoms with Gasteiger partial charge in [0, 0.05) is 5.56 Å². The third kappa shape index (κ3) is 2.07. The molecule has 1 spiro atoms. The molecule has 1 aromatic heterocycles. The summed E-state index contributed by atoms with van der Waals surface area (Å²) >= 11 is 11.8. The summed E-state index contributed by atoms with van der Waals surface area (Å²) in [7, 11) is 0. The Balaban J connectivity index is 2.09. The highest BCUT2D eigenvalue weighted by Crippen LogP contribution is 2.46. The van der Waals surface area contributed by atoms with Crippen molar-refractivity contribution in [3.05, 3.63) is 33.8 Å². The molecule has 0 amide bonds. The number of hydrogen-bond acceptors (Lipinski definition) is 4. The lowest BCUT2D eigenvalue weighted by Gasteiger charge is -2.31. The van der Waals surface area contributed by atoms with Crippen LogP contribution in [-0.4, -0.2) is 21.7 Å². The summed E-state index contributed by atoms with van der Waals surface area (Å²) in [6, 6.07) is 3.11. The zero-order chi connectivity index (χ0) is 14.3. The van der Waals surface area contributed by atoms with E-state index in [2.05, 4.69) is 4.98 Å². The van der Waals surface area contributed by atoms with Crippen LogP contribution in [0.15, 0.2) is 17.9 Å². The maximum Gasteiger partial charge on any atom is 0.343 e. The molecule has 20 heavy (non-hydrogen) atoms. The SMILES string of the molecule is O=C1OC2(CCCCC2)C(O)=C1c1ccc(Cl)nc1Cl. The van der Waals surface area contributed by atoms with Gasteiger partial charge < -0.3 is 9.84 Å². The standard InChI is InChI=1S/C14H13Cl2NO3/c15-9-5-4-8(12(16)17-9)10-11(18)14(20-13(10)19)6-2-1-3-7-14/h4-5,18H,1-3,6-7H2. The minimum absolute atomic E-state index is 0.0202. The zero-order valence-corrected chi connectivity index (χ0v) is 12.2. The number of hydrogen-bond donors (Lipinski definition) is 1. The molecule has 0 radical (unpaired) electrons. The Hall–Kier alpha value is -1.26. The Morgan fingerprint density at radius 3 is 2.55 bits per heavy atom. The molecule has 1 aliphatic carbocycles. The van der Waals surface area contributed by atoms with Crippen molar-refractivity contribution in [1.29, 1.82) is 0 Å². The second kappa shape index (κ2) is 4.93. The topological polar surface area (TPSA) is 59.4 Å². The summed E-state index contributed by atoms with van der Waals surface area (Å²) in [5.74, 6) is -0.566. The van der Waals surface area contributed by atoms with Crippen LogP contribution in [0.3, 0.4) is 0 Å². The van der Waals surface area contributed by atoms with Gasteiger partial charge in [0.2, 0.25) is 0 Å². The summed E-state index contributed by atoms with van der Waals surface area (Å²) in [5, 5.41) is 10.8. The molecule has 2 aliphatic rings. The van der Waals surface area contributed by atoms with Crippen molar-refractivity contribution in [2.24, 2.45) is 0 Å². The fourth-order valence-corrected chi connectivity index (χ4v) is 3.34. The first-order valence-corrected chi connectivity index (χ1v) is 7.28. The second-order valence-electron chi connectivity index (χ2n) is 5.14. The van der Waals surface area contributed by atoms with E-state index in [4.69, 9.17) is 27.9 Å². The van der Waals surface area contributed by atoms with Crippen molar-refractivity contribution in [3.8, 4) is 0 Å². The summed E-state index contributed by atoms with van der Waals surface area (Å²) < 4.78 is 5.47. The highest BCUT2D eigenvalue weighted by Gasteiger charge is 2.49. The summed E-state index contributed by atoms with van der Waals surface area (Å²) in [5.41, 5.74) is -0.393. The van der Waals surface area contributed by atoms with Gasteiger partial charge in [0.25, 0.3) is 0 Å². The third-order valence-electron chi connectivity index (χ3n) is 3.91. The Morgan fingerprint density at radius 1 is 1.20 bits per heavy atom. The number of aliphatic hydroxyl groups is 1. The molecule has 1 fully saturated rings. The van der Waals surface area contributed by atoms with Crippen molar-refractivity contribution in [1.82, 2.24) is 4.98 Å². The van der Waals surface area contributed by atoms with E-state index >= 15 is 0 Å². The molecule has 4 nitrogen and oxygen atoms in total. The van der Waals surface area contributed by atoms with Crippen LogP contribution in [0.5, 0.6) is 0 Å². The van der Waals surface area contributed by atoms with Gasteiger partial charge in [-0.05, 0) is 37.8 Å². The van der Waals surface area contributed by atoms with E-state index < -0.39 is 11.6 Å². The van der Waals surface area contributed by atoms with E-state index in [1.165, 1.54) is 6.07 Å². The number of aromatic nitrogens is 1. The molecule has 106 valence electrons. The number of ether oxygens (including phenoxy) is 1. The summed E-state index contributed by atoms with van der Waals surface area (Å²) in [6.07, 6.45) is 4.24. The van der Waals surface area contributed by atoms with E-state index in [1.54, 1.807) is 6.07 Å². The second-order valence-corrected chi connectivity index (χ2v) is 5.89. The van der Waals surface area contributed by atoms with Crippen molar-refractivity contribution in [2.75, 3.05) is 0 Å². The smallest absolute Gasteiger partial charge is 0.343 e. The molecular weight excluding hydrogens is 301 g/mol. The molecule has 1 saturated carbocycles. The first-order chi connectivity index (χ1) is 9.53. The van der Waals surface area contributed by atoms with Crippen molar-refractivity contribution in [2.45, 2.75) is 37.7 Å². The molecule has 0 bridgehead atoms. The van der Waals surface area contributed by atoms with Crippen LogP contribution in [0.1, 0.15) is 37.7 Å². The van der Waals surface area contributed by atoms with E-state index in [0.29, 0.717) is 18.4 Å². The fourth-order valence-electron chi connectivity index (χ4n) is 2.90. The molecular formula is C14H13Cl2NO3. The highest BCUT2D eigenvalue weighted by atomic mass is 35.5. The van der Waals surface area contributed by atoms with Crippen LogP contribution in [0, 0.1) is 0 Å². The van der Waals surface area contributed by atoms with Crippen LogP contribution >= 0.6 is 23.2 Å². The lowest BCUT2D eigenvalue weighted by molar-refractivity contribution is -0.149. The van der Waals surface area contributed by atoms with Gasteiger partial charge in [0.15, 0.2) is 11.4 Å². The lowest BCUT2D eigenvalue weighted by Crippen LogP contribution is -2.34. The number of carbonyl (C=O) groups is 1. The van der Waals surface area contributed by atoms with Gasteiger partial charge in [0.05, 0.1) is 0 Å². The third-order valence-corrected chi connectivity index (χ3v) is 4.40. The quantitative estimate of drug-likeness (QED) is 0.630. The Morgan fingerprint density at radius 2 is 1.90 bits per heavy atom. The largest absolute Gasteiger partial charge is 0.507 e. The van der Waals surface area contributed by atoms with Gasteiger partial charge in [-0.15, -0.1) is 0 Å². The highest BCUT2D eigenvalue weighted by molar-refractivity contribution is 6.35. The van der Waals surface area contributed by atoms with Gasteiger partial charge in [-0.1, -0.05) is 29.6 Å². The zero-order valence-electron chi connectivity index (χ0n) is 10.7. The van der Waals surface area contributed by atoms with Crippen molar-refractivity contribution >= 4 is 34.7 Å². The minimum Gasteiger partial charge on any atom is -0.507 e. The minimum atomic E-state index is -0.867. The van der Waals surface area contributed by atoms with E-state index in [1.807, 2.05) is 0 Å². The predicted molar refractivity (Wildman–Crippen MR) is 75.7 cm³/mol. The molecule has 0 aromatic carbocycles. The molecule has 3 rings (SSSR count). The maximum atomic E-state index is 12.1. The molecule has 1 aromatic rings. The number of carbonyl (C=O) groups excluding carboxylic acids is 1. The van der Waals surface area contributed by atoms with Crippen LogP contribution in [0.4, 0.5) is 0 Å². The van der Waals surface area contributed by atoms with Gasteiger partial charge in [-0.3, -0.25) is 0 Å². The Labute approximate surface area is 126 Å². The number of esters is 1. The molecule has 1 N–H and O–H groups in total. The first-order valence-electron chi connectivity index (χ1n) is 6.53. The molecule has 0 unspecified atom stereocenters. The molecule has 6 heteroatoms. The van der Waals surface area contributed by atoms with Gasteiger partial charge in [-0.25, -0.2) is 9.78 Å². The maximum absolute atomic E-state index is 12.1. The fraction of sp³-hybridized carbons (Fsp3) is 0.429. The van der Waals surface area contributed by atoms with Crippen molar-refractivity contribution < 1.29 is 14.6 Å². The first kappa shape index (κ1) is 13.7. The Bertz CT molecular complexity index is 606. The number of halogens is 2. The Kier molecular flexibility index (Phi) is 3.38.